The second-order valence-corrected chi connectivity index (χ2v) is 4.13. The van der Waals surface area contributed by atoms with Crippen LogP contribution in [-0.2, 0) is 13.6 Å². The highest BCUT2D eigenvalue weighted by molar-refractivity contribution is 5.81. The SMILES string of the molecule is Cn1cnc2cc(-c3cc(CN=[N+]=[N-])on3)ccc21. The van der Waals surface area contributed by atoms with Crippen LogP contribution in [0.5, 0.6) is 0 Å². The molecular weight excluding hydrogens is 244 g/mol. The van der Waals surface area contributed by atoms with Crippen molar-refractivity contribution in [3.05, 3.63) is 46.8 Å². The fourth-order valence-electron chi connectivity index (χ4n) is 1.92. The van der Waals surface area contributed by atoms with Crippen LogP contribution in [0.4, 0.5) is 0 Å². The maximum atomic E-state index is 8.26. The topological polar surface area (TPSA) is 92.6 Å². The van der Waals surface area contributed by atoms with Crippen LogP contribution in [0.25, 0.3) is 32.7 Å². The van der Waals surface area contributed by atoms with E-state index < -0.39 is 0 Å². The Morgan fingerprint density at radius 3 is 3.16 bits per heavy atom. The van der Waals surface area contributed by atoms with Gasteiger partial charge in [0.2, 0.25) is 0 Å². The molecule has 7 nitrogen and oxygen atoms in total. The maximum absolute atomic E-state index is 8.26. The minimum Gasteiger partial charge on any atom is -0.361 e. The third kappa shape index (κ3) is 2.02. The van der Waals surface area contributed by atoms with Crippen molar-refractivity contribution >= 4 is 11.0 Å². The molecule has 2 heterocycles. The molecule has 0 fully saturated rings. The second-order valence-electron chi connectivity index (χ2n) is 4.13. The average molecular weight is 254 g/mol. The summed E-state index contributed by atoms with van der Waals surface area (Å²) in [6.07, 6.45) is 1.77. The van der Waals surface area contributed by atoms with Crippen LogP contribution < -0.4 is 0 Å². The molecule has 2 aromatic heterocycles. The van der Waals surface area contributed by atoms with E-state index in [2.05, 4.69) is 20.2 Å². The van der Waals surface area contributed by atoms with Crippen molar-refractivity contribution in [1.82, 2.24) is 14.7 Å². The molecule has 3 rings (SSSR count). The maximum Gasteiger partial charge on any atom is 0.143 e. The van der Waals surface area contributed by atoms with E-state index >= 15 is 0 Å². The Morgan fingerprint density at radius 2 is 2.32 bits per heavy atom. The fourth-order valence-corrected chi connectivity index (χ4v) is 1.92. The van der Waals surface area contributed by atoms with Crippen LogP contribution in [0.2, 0.25) is 0 Å². The van der Waals surface area contributed by atoms with Crippen molar-refractivity contribution in [2.24, 2.45) is 12.2 Å². The zero-order chi connectivity index (χ0) is 13.2. The number of benzene rings is 1. The molecule has 0 N–H and O–H groups in total. The molecule has 0 atom stereocenters. The van der Waals surface area contributed by atoms with Crippen LogP contribution in [-0.4, -0.2) is 14.7 Å². The molecule has 0 bridgehead atoms. The molecule has 7 heteroatoms. The van der Waals surface area contributed by atoms with Gasteiger partial charge in [0.25, 0.3) is 0 Å². The molecule has 0 saturated heterocycles. The van der Waals surface area contributed by atoms with Crippen molar-refractivity contribution in [1.29, 1.82) is 0 Å². The summed E-state index contributed by atoms with van der Waals surface area (Å²) in [7, 11) is 1.95. The number of hydrogen-bond donors (Lipinski definition) is 0. The molecule has 0 aliphatic carbocycles. The molecule has 0 saturated carbocycles. The number of nitrogens with zero attached hydrogens (tertiary/aromatic N) is 6. The molecular formula is C12H10N6O. The van der Waals surface area contributed by atoms with Crippen molar-refractivity contribution in [3.63, 3.8) is 0 Å². The minimum atomic E-state index is 0.162. The van der Waals surface area contributed by atoms with Gasteiger partial charge in [-0.3, -0.25) is 0 Å². The van der Waals surface area contributed by atoms with Gasteiger partial charge in [-0.15, -0.1) is 0 Å². The normalized spacial score (nSPS) is 10.6. The third-order valence-corrected chi connectivity index (χ3v) is 2.87. The predicted octanol–water partition coefficient (Wildman–Crippen LogP) is 3.04. The van der Waals surface area contributed by atoms with Gasteiger partial charge in [-0.05, 0) is 17.7 Å². The summed E-state index contributed by atoms with van der Waals surface area (Å²) < 4.78 is 7.05. The van der Waals surface area contributed by atoms with Gasteiger partial charge in [0.15, 0.2) is 0 Å². The van der Waals surface area contributed by atoms with E-state index in [-0.39, 0.29) is 6.54 Å². The van der Waals surface area contributed by atoms with Crippen molar-refractivity contribution in [2.45, 2.75) is 6.54 Å². The highest BCUT2D eigenvalue weighted by Gasteiger charge is 2.08. The Morgan fingerprint density at radius 1 is 1.42 bits per heavy atom. The third-order valence-electron chi connectivity index (χ3n) is 2.87. The van der Waals surface area contributed by atoms with Crippen molar-refractivity contribution < 1.29 is 4.52 Å². The lowest BCUT2D eigenvalue weighted by molar-refractivity contribution is 0.387. The molecule has 0 aliphatic rings. The summed E-state index contributed by atoms with van der Waals surface area (Å²) in [5.41, 5.74) is 11.8. The largest absolute Gasteiger partial charge is 0.361 e. The lowest BCUT2D eigenvalue weighted by Gasteiger charge is -1.97. The Balaban J connectivity index is 1.99. The first-order valence-corrected chi connectivity index (χ1v) is 5.66. The van der Waals surface area contributed by atoms with Gasteiger partial charge in [-0.25, -0.2) is 4.98 Å². The zero-order valence-corrected chi connectivity index (χ0v) is 10.2. The first-order valence-electron chi connectivity index (χ1n) is 5.66. The molecule has 0 unspecified atom stereocenters. The lowest BCUT2D eigenvalue weighted by Crippen LogP contribution is -1.83. The van der Waals surface area contributed by atoms with E-state index in [0.717, 1.165) is 16.6 Å². The highest BCUT2D eigenvalue weighted by Crippen LogP contribution is 2.23. The van der Waals surface area contributed by atoms with Gasteiger partial charge < -0.3 is 9.09 Å². The molecule has 0 spiro atoms. The molecule has 3 aromatic rings. The molecule has 0 amide bonds. The number of fused-ring (bicyclic) bond motifs is 1. The fraction of sp³-hybridized carbons (Fsp3) is 0.167. The lowest BCUT2D eigenvalue weighted by atomic mass is 10.1. The van der Waals surface area contributed by atoms with E-state index in [4.69, 9.17) is 10.1 Å². The van der Waals surface area contributed by atoms with E-state index in [1.807, 2.05) is 29.8 Å². The second kappa shape index (κ2) is 4.47. The van der Waals surface area contributed by atoms with Gasteiger partial charge in [0, 0.05) is 23.6 Å². The number of aromatic nitrogens is 3. The Bertz CT molecular complexity index is 780. The number of azide groups is 1. The van der Waals surface area contributed by atoms with Gasteiger partial charge in [0.05, 0.1) is 23.9 Å². The Labute approximate surface area is 108 Å². The molecule has 1 aromatic carbocycles. The van der Waals surface area contributed by atoms with Crippen LogP contribution in [0.3, 0.4) is 0 Å². The van der Waals surface area contributed by atoms with E-state index in [1.54, 1.807) is 12.4 Å². The number of aryl methyl sites for hydroxylation is 1. The van der Waals surface area contributed by atoms with Gasteiger partial charge in [0.1, 0.15) is 11.5 Å². The van der Waals surface area contributed by atoms with Gasteiger partial charge in [-0.2, -0.15) is 0 Å². The van der Waals surface area contributed by atoms with Crippen molar-refractivity contribution in [2.75, 3.05) is 0 Å². The van der Waals surface area contributed by atoms with Crippen LogP contribution in [0, 0.1) is 0 Å². The van der Waals surface area contributed by atoms with Gasteiger partial charge in [-0.1, -0.05) is 16.3 Å². The van der Waals surface area contributed by atoms with Gasteiger partial charge >= 0.3 is 0 Å². The average Bonchev–Trinajstić information content (AvgIpc) is 3.04. The summed E-state index contributed by atoms with van der Waals surface area (Å²) in [6, 6.07) is 7.65. The summed E-state index contributed by atoms with van der Waals surface area (Å²) in [5.74, 6) is 0.536. The smallest absolute Gasteiger partial charge is 0.143 e. The van der Waals surface area contributed by atoms with Crippen LogP contribution in [0.15, 0.2) is 40.2 Å². The van der Waals surface area contributed by atoms with E-state index in [0.29, 0.717) is 11.5 Å². The summed E-state index contributed by atoms with van der Waals surface area (Å²) >= 11 is 0. The van der Waals surface area contributed by atoms with E-state index in [1.165, 1.54) is 0 Å². The highest BCUT2D eigenvalue weighted by atomic mass is 16.5. The molecule has 19 heavy (non-hydrogen) atoms. The number of rotatable bonds is 3. The van der Waals surface area contributed by atoms with E-state index in [9.17, 15) is 0 Å². The first-order chi connectivity index (χ1) is 9.28. The summed E-state index contributed by atoms with van der Waals surface area (Å²) in [4.78, 5) is 6.98. The Kier molecular flexibility index (Phi) is 2.66. The summed E-state index contributed by atoms with van der Waals surface area (Å²) in [6.45, 7) is 0.162. The summed E-state index contributed by atoms with van der Waals surface area (Å²) in [5, 5.41) is 7.39. The van der Waals surface area contributed by atoms with Crippen molar-refractivity contribution in [3.8, 4) is 11.3 Å². The first kappa shape index (κ1) is 11.3. The molecule has 0 aliphatic heterocycles. The molecule has 94 valence electrons. The monoisotopic (exact) mass is 254 g/mol. The predicted molar refractivity (Wildman–Crippen MR) is 69.1 cm³/mol. The van der Waals surface area contributed by atoms with Crippen LogP contribution in [0.1, 0.15) is 5.76 Å². The standard InChI is InChI=1S/C12H10N6O/c1-18-7-14-11-4-8(2-3-12(11)18)10-5-9(19-16-10)6-15-17-13/h2-5,7H,6H2,1H3. The molecule has 0 radical (unpaired) electrons. The Hall–Kier alpha value is -2.79. The van der Waals surface area contributed by atoms with Crippen LogP contribution >= 0.6 is 0 Å². The number of imidazole rings is 1. The number of hydrogen-bond acceptors (Lipinski definition) is 4. The zero-order valence-electron chi connectivity index (χ0n) is 10.2. The minimum absolute atomic E-state index is 0.162. The quantitative estimate of drug-likeness (QED) is 0.408.